The molecule has 0 saturated heterocycles. The number of rotatable bonds is 7. The van der Waals surface area contributed by atoms with Crippen LogP contribution in [-0.2, 0) is 23.1 Å². The number of sulfonamides is 1. The molecule has 140 valence electrons. The predicted molar refractivity (Wildman–Crippen MR) is 100 cm³/mol. The summed E-state index contributed by atoms with van der Waals surface area (Å²) in [5.74, 6) is 0. The van der Waals surface area contributed by atoms with E-state index in [9.17, 15) is 18.5 Å². The monoisotopic (exact) mass is 377 g/mol. The molecule has 0 amide bonds. The highest BCUT2D eigenvalue weighted by Gasteiger charge is 2.24. The van der Waals surface area contributed by atoms with E-state index in [0.29, 0.717) is 18.7 Å². The second-order valence-corrected chi connectivity index (χ2v) is 8.64. The van der Waals surface area contributed by atoms with Crippen LogP contribution in [0.5, 0.6) is 0 Å². The Bertz CT molecular complexity index is 889. The molecule has 7 nitrogen and oxygen atoms in total. The van der Waals surface area contributed by atoms with Gasteiger partial charge in [-0.15, -0.1) is 0 Å². The molecule has 2 aromatic rings. The van der Waals surface area contributed by atoms with E-state index in [1.54, 1.807) is 57.2 Å². The maximum atomic E-state index is 12.6. The first-order valence-corrected chi connectivity index (χ1v) is 9.63. The highest BCUT2D eigenvalue weighted by molar-refractivity contribution is 7.89. The first kappa shape index (κ1) is 20.0. The Labute approximate surface area is 153 Å². The SMILES string of the molecule is CC(C)(C)NS(=O)(=O)c1ccccc1CNCc1cccc([N+](=O)[O-])c1. The minimum Gasteiger partial charge on any atom is -0.309 e. The van der Waals surface area contributed by atoms with Gasteiger partial charge in [-0.1, -0.05) is 30.3 Å². The van der Waals surface area contributed by atoms with Gasteiger partial charge in [-0.25, -0.2) is 13.1 Å². The molecule has 2 aromatic carbocycles. The molecule has 0 saturated carbocycles. The van der Waals surface area contributed by atoms with Crippen molar-refractivity contribution in [3.63, 3.8) is 0 Å². The molecule has 8 heteroatoms. The number of benzene rings is 2. The molecule has 0 spiro atoms. The average Bonchev–Trinajstić information content (AvgIpc) is 2.53. The van der Waals surface area contributed by atoms with E-state index in [0.717, 1.165) is 5.56 Å². The lowest BCUT2D eigenvalue weighted by Crippen LogP contribution is -2.40. The molecule has 0 fully saturated rings. The molecule has 0 radical (unpaired) electrons. The van der Waals surface area contributed by atoms with Crippen molar-refractivity contribution in [2.24, 2.45) is 0 Å². The minimum absolute atomic E-state index is 0.0293. The van der Waals surface area contributed by atoms with Gasteiger partial charge >= 0.3 is 0 Å². The molecule has 0 heterocycles. The smallest absolute Gasteiger partial charge is 0.269 e. The van der Waals surface area contributed by atoms with Crippen LogP contribution in [0.25, 0.3) is 0 Å². The maximum absolute atomic E-state index is 12.6. The summed E-state index contributed by atoms with van der Waals surface area (Å²) in [7, 11) is -3.64. The zero-order valence-electron chi connectivity index (χ0n) is 15.0. The molecule has 2 N–H and O–H groups in total. The molecule has 0 aliphatic rings. The van der Waals surface area contributed by atoms with Crippen LogP contribution in [0.15, 0.2) is 53.4 Å². The zero-order chi connectivity index (χ0) is 19.4. The number of nitro groups is 1. The van der Waals surface area contributed by atoms with Crippen molar-refractivity contribution in [1.82, 2.24) is 10.0 Å². The van der Waals surface area contributed by atoms with Gasteiger partial charge in [0.1, 0.15) is 0 Å². The molecular weight excluding hydrogens is 354 g/mol. The standard InChI is InChI=1S/C18H23N3O4S/c1-18(2,3)20-26(24,25)17-10-5-4-8-15(17)13-19-12-14-7-6-9-16(11-14)21(22)23/h4-11,19-20H,12-13H2,1-3H3. The first-order chi connectivity index (χ1) is 12.1. The summed E-state index contributed by atoms with van der Waals surface area (Å²) in [5, 5.41) is 14.0. The van der Waals surface area contributed by atoms with Gasteiger partial charge in [0, 0.05) is 30.8 Å². The summed E-state index contributed by atoms with van der Waals surface area (Å²) in [6.45, 7) is 6.07. The molecule has 2 rings (SSSR count). The van der Waals surface area contributed by atoms with Crippen molar-refractivity contribution in [1.29, 1.82) is 0 Å². The van der Waals surface area contributed by atoms with Crippen LogP contribution in [0.3, 0.4) is 0 Å². The zero-order valence-corrected chi connectivity index (χ0v) is 15.8. The van der Waals surface area contributed by atoms with Crippen molar-refractivity contribution in [3.8, 4) is 0 Å². The third-order valence-corrected chi connectivity index (χ3v) is 5.33. The average molecular weight is 377 g/mol. The number of nitrogens with zero attached hydrogens (tertiary/aromatic N) is 1. The number of non-ortho nitro benzene ring substituents is 1. The normalized spacial score (nSPS) is 12.1. The summed E-state index contributed by atoms with van der Waals surface area (Å²) in [6, 6.07) is 13.1. The topological polar surface area (TPSA) is 101 Å². The van der Waals surface area contributed by atoms with Crippen LogP contribution in [0.2, 0.25) is 0 Å². The Morgan fingerprint density at radius 3 is 2.38 bits per heavy atom. The van der Waals surface area contributed by atoms with Gasteiger partial charge in [0.2, 0.25) is 10.0 Å². The van der Waals surface area contributed by atoms with E-state index >= 15 is 0 Å². The lowest BCUT2D eigenvalue weighted by molar-refractivity contribution is -0.384. The van der Waals surface area contributed by atoms with Crippen LogP contribution in [0.1, 0.15) is 31.9 Å². The molecule has 0 aliphatic carbocycles. The van der Waals surface area contributed by atoms with E-state index in [1.807, 2.05) is 0 Å². The van der Waals surface area contributed by atoms with Crippen molar-refractivity contribution in [3.05, 3.63) is 69.8 Å². The largest absolute Gasteiger partial charge is 0.309 e. The Balaban J connectivity index is 2.12. The van der Waals surface area contributed by atoms with E-state index in [-0.39, 0.29) is 10.6 Å². The summed E-state index contributed by atoms with van der Waals surface area (Å²) >= 11 is 0. The third-order valence-electron chi connectivity index (χ3n) is 3.47. The minimum atomic E-state index is -3.64. The van der Waals surface area contributed by atoms with Gasteiger partial charge in [-0.2, -0.15) is 0 Å². The summed E-state index contributed by atoms with van der Waals surface area (Å²) in [6.07, 6.45) is 0. The van der Waals surface area contributed by atoms with Crippen LogP contribution < -0.4 is 10.0 Å². The Kier molecular flexibility index (Phi) is 6.12. The molecule has 0 aliphatic heterocycles. The van der Waals surface area contributed by atoms with Crippen molar-refractivity contribution in [2.45, 2.75) is 44.3 Å². The molecule has 0 aromatic heterocycles. The Morgan fingerprint density at radius 1 is 1.04 bits per heavy atom. The number of hydrogen-bond donors (Lipinski definition) is 2. The van der Waals surface area contributed by atoms with Gasteiger partial charge in [0.25, 0.3) is 5.69 Å². The molecular formula is C18H23N3O4S. The number of hydrogen-bond acceptors (Lipinski definition) is 5. The second kappa shape index (κ2) is 7.94. The lowest BCUT2D eigenvalue weighted by Gasteiger charge is -2.21. The highest BCUT2D eigenvalue weighted by atomic mass is 32.2. The lowest BCUT2D eigenvalue weighted by atomic mass is 10.1. The predicted octanol–water partition coefficient (Wildman–Crippen LogP) is 2.96. The Hall–Kier alpha value is -2.29. The van der Waals surface area contributed by atoms with Crippen molar-refractivity contribution < 1.29 is 13.3 Å². The van der Waals surface area contributed by atoms with Crippen LogP contribution >= 0.6 is 0 Å². The summed E-state index contributed by atoms with van der Waals surface area (Å²) in [4.78, 5) is 10.6. The third kappa shape index (κ3) is 5.62. The molecule has 0 atom stereocenters. The number of nitro benzene ring substituents is 1. The number of nitrogens with one attached hydrogen (secondary N) is 2. The Morgan fingerprint density at radius 2 is 1.73 bits per heavy atom. The van der Waals surface area contributed by atoms with Gasteiger partial charge in [0.15, 0.2) is 0 Å². The molecule has 0 bridgehead atoms. The van der Waals surface area contributed by atoms with Crippen LogP contribution in [0.4, 0.5) is 5.69 Å². The van der Waals surface area contributed by atoms with E-state index in [2.05, 4.69) is 10.0 Å². The second-order valence-electron chi connectivity index (χ2n) is 6.99. The highest BCUT2D eigenvalue weighted by Crippen LogP contribution is 2.18. The summed E-state index contributed by atoms with van der Waals surface area (Å²) in [5.41, 5.74) is 0.839. The van der Waals surface area contributed by atoms with Crippen LogP contribution in [-0.4, -0.2) is 18.9 Å². The van der Waals surface area contributed by atoms with E-state index < -0.39 is 20.5 Å². The van der Waals surface area contributed by atoms with Gasteiger partial charge in [-0.05, 0) is 38.0 Å². The molecule has 26 heavy (non-hydrogen) atoms. The maximum Gasteiger partial charge on any atom is 0.269 e. The van der Waals surface area contributed by atoms with Gasteiger partial charge in [-0.3, -0.25) is 10.1 Å². The van der Waals surface area contributed by atoms with Crippen LogP contribution in [0, 0.1) is 10.1 Å². The van der Waals surface area contributed by atoms with E-state index in [1.165, 1.54) is 12.1 Å². The van der Waals surface area contributed by atoms with Crippen molar-refractivity contribution >= 4 is 15.7 Å². The van der Waals surface area contributed by atoms with Gasteiger partial charge < -0.3 is 5.32 Å². The molecule has 0 unspecified atom stereocenters. The van der Waals surface area contributed by atoms with E-state index in [4.69, 9.17) is 0 Å². The summed E-state index contributed by atoms with van der Waals surface area (Å²) < 4.78 is 27.9. The first-order valence-electron chi connectivity index (χ1n) is 8.14. The quantitative estimate of drug-likeness (QED) is 0.571. The van der Waals surface area contributed by atoms with Gasteiger partial charge in [0.05, 0.1) is 9.82 Å². The van der Waals surface area contributed by atoms with Crippen molar-refractivity contribution in [2.75, 3.05) is 0 Å². The fraction of sp³-hybridized carbons (Fsp3) is 0.333. The fourth-order valence-electron chi connectivity index (χ4n) is 2.49. The fourth-order valence-corrected chi connectivity index (χ4v) is 4.15.